The summed E-state index contributed by atoms with van der Waals surface area (Å²) in [7, 11) is 0. The maximum Gasteiger partial charge on any atom is 0.164 e. The molecule has 2 N–H and O–H groups in total. The van der Waals surface area contributed by atoms with E-state index in [4.69, 9.17) is 5.73 Å². The molecule has 1 aliphatic carbocycles. The van der Waals surface area contributed by atoms with Crippen LogP contribution in [0.2, 0.25) is 0 Å². The summed E-state index contributed by atoms with van der Waals surface area (Å²) in [6.45, 7) is 2.61. The molecule has 3 heteroatoms. The van der Waals surface area contributed by atoms with Crippen LogP contribution in [0.25, 0.3) is 0 Å². The second-order valence-electron chi connectivity index (χ2n) is 4.22. The maximum atomic E-state index is 11.8. The third-order valence-corrected chi connectivity index (χ3v) is 2.94. The highest BCUT2D eigenvalue weighted by atomic mass is 16.1. The summed E-state index contributed by atoms with van der Waals surface area (Å²) >= 11 is 0. The third-order valence-electron chi connectivity index (χ3n) is 2.94. The van der Waals surface area contributed by atoms with Crippen molar-refractivity contribution in [2.75, 3.05) is 6.54 Å². The second kappa shape index (κ2) is 4.11. The number of hydrogen-bond acceptors (Lipinski definition) is 3. The predicted molar refractivity (Wildman–Crippen MR) is 58.8 cm³/mol. The Labute approximate surface area is 89.7 Å². The highest BCUT2D eigenvalue weighted by molar-refractivity contribution is 5.98. The van der Waals surface area contributed by atoms with Gasteiger partial charge in [-0.1, -0.05) is 0 Å². The standard InChI is InChI=1S/C12H16N2O/c1-8-2-3-10-11(14-8)6-9(4-5-13)7-12(10)15/h2-3,9H,4-7,13H2,1H3. The number of carbonyl (C=O) groups is 1. The summed E-state index contributed by atoms with van der Waals surface area (Å²) in [5.74, 6) is 0.617. The van der Waals surface area contributed by atoms with Crippen molar-refractivity contribution in [2.24, 2.45) is 11.7 Å². The highest BCUT2D eigenvalue weighted by Crippen LogP contribution is 2.26. The van der Waals surface area contributed by atoms with Gasteiger partial charge in [0.05, 0.1) is 5.69 Å². The van der Waals surface area contributed by atoms with Crippen molar-refractivity contribution in [3.63, 3.8) is 0 Å². The van der Waals surface area contributed by atoms with Crippen LogP contribution >= 0.6 is 0 Å². The van der Waals surface area contributed by atoms with E-state index in [1.165, 1.54) is 0 Å². The van der Waals surface area contributed by atoms with Gasteiger partial charge in [0.25, 0.3) is 0 Å². The largest absolute Gasteiger partial charge is 0.330 e. The minimum Gasteiger partial charge on any atom is -0.330 e. The molecular formula is C12H16N2O. The van der Waals surface area contributed by atoms with E-state index >= 15 is 0 Å². The Morgan fingerprint density at radius 3 is 3.00 bits per heavy atom. The molecule has 0 saturated heterocycles. The molecule has 1 aromatic heterocycles. The van der Waals surface area contributed by atoms with E-state index < -0.39 is 0 Å². The molecule has 80 valence electrons. The number of ketones is 1. The molecule has 15 heavy (non-hydrogen) atoms. The lowest BCUT2D eigenvalue weighted by molar-refractivity contribution is 0.0945. The molecule has 1 heterocycles. The van der Waals surface area contributed by atoms with E-state index in [2.05, 4.69) is 4.98 Å². The van der Waals surface area contributed by atoms with Crippen LogP contribution < -0.4 is 5.73 Å². The number of hydrogen-bond donors (Lipinski definition) is 1. The molecule has 2 rings (SSSR count). The fraction of sp³-hybridized carbons (Fsp3) is 0.500. The number of nitrogens with zero attached hydrogens (tertiary/aromatic N) is 1. The molecule has 1 atom stereocenters. The Balaban J connectivity index is 2.29. The Bertz CT molecular complexity index is 387. The lowest BCUT2D eigenvalue weighted by Gasteiger charge is -2.22. The summed E-state index contributed by atoms with van der Waals surface area (Å²) in [6, 6.07) is 3.80. The number of carbonyl (C=O) groups excluding carboxylic acids is 1. The molecular weight excluding hydrogens is 188 g/mol. The van der Waals surface area contributed by atoms with E-state index in [1.807, 2.05) is 19.1 Å². The van der Waals surface area contributed by atoms with Gasteiger partial charge >= 0.3 is 0 Å². The topological polar surface area (TPSA) is 56.0 Å². The summed E-state index contributed by atoms with van der Waals surface area (Å²) in [5, 5.41) is 0. The fourth-order valence-corrected chi connectivity index (χ4v) is 2.18. The lowest BCUT2D eigenvalue weighted by Crippen LogP contribution is -2.23. The monoisotopic (exact) mass is 204 g/mol. The van der Waals surface area contributed by atoms with Gasteiger partial charge in [-0.3, -0.25) is 9.78 Å². The van der Waals surface area contributed by atoms with E-state index in [-0.39, 0.29) is 5.78 Å². The summed E-state index contributed by atoms with van der Waals surface area (Å²) in [5.41, 5.74) is 8.28. The average Bonchev–Trinajstić information content (AvgIpc) is 2.17. The molecule has 0 fully saturated rings. The SMILES string of the molecule is Cc1ccc2c(n1)CC(CCN)CC2=O. The van der Waals surface area contributed by atoms with Crippen molar-refractivity contribution in [3.05, 3.63) is 29.1 Å². The normalized spacial score (nSPS) is 20.1. The first kappa shape index (κ1) is 10.3. The van der Waals surface area contributed by atoms with Gasteiger partial charge in [0.2, 0.25) is 0 Å². The minimum atomic E-state index is 0.224. The first-order valence-corrected chi connectivity index (χ1v) is 5.40. The van der Waals surface area contributed by atoms with Crippen molar-refractivity contribution in [1.82, 2.24) is 4.98 Å². The zero-order valence-electron chi connectivity index (χ0n) is 8.99. The first-order valence-electron chi connectivity index (χ1n) is 5.40. The molecule has 3 nitrogen and oxygen atoms in total. The van der Waals surface area contributed by atoms with Gasteiger partial charge in [-0.2, -0.15) is 0 Å². The van der Waals surface area contributed by atoms with Crippen molar-refractivity contribution >= 4 is 5.78 Å². The number of aromatic nitrogens is 1. The van der Waals surface area contributed by atoms with Crippen LogP contribution in [0.5, 0.6) is 0 Å². The van der Waals surface area contributed by atoms with Crippen LogP contribution in [0.15, 0.2) is 12.1 Å². The van der Waals surface area contributed by atoms with Gasteiger partial charge < -0.3 is 5.73 Å². The molecule has 1 aromatic rings. The van der Waals surface area contributed by atoms with Gasteiger partial charge in [-0.05, 0) is 44.4 Å². The molecule has 0 bridgehead atoms. The van der Waals surface area contributed by atoms with Crippen molar-refractivity contribution in [2.45, 2.75) is 26.2 Å². The smallest absolute Gasteiger partial charge is 0.164 e. The van der Waals surface area contributed by atoms with Crippen LogP contribution in [0, 0.1) is 12.8 Å². The van der Waals surface area contributed by atoms with Crippen LogP contribution in [-0.2, 0) is 6.42 Å². The molecule has 0 aliphatic heterocycles. The van der Waals surface area contributed by atoms with Crippen LogP contribution in [0.3, 0.4) is 0 Å². The summed E-state index contributed by atoms with van der Waals surface area (Å²) in [6.07, 6.45) is 2.45. The van der Waals surface area contributed by atoms with E-state index in [9.17, 15) is 4.79 Å². The Hall–Kier alpha value is -1.22. The zero-order chi connectivity index (χ0) is 10.8. The van der Waals surface area contributed by atoms with Crippen molar-refractivity contribution in [3.8, 4) is 0 Å². The summed E-state index contributed by atoms with van der Waals surface area (Å²) in [4.78, 5) is 16.2. The van der Waals surface area contributed by atoms with Gasteiger partial charge in [-0.15, -0.1) is 0 Å². The van der Waals surface area contributed by atoms with Crippen LogP contribution in [0.4, 0.5) is 0 Å². The molecule has 0 radical (unpaired) electrons. The van der Waals surface area contributed by atoms with Gasteiger partial charge in [-0.25, -0.2) is 0 Å². The number of Topliss-reactive ketones (excluding diaryl/α,β-unsaturated/α-hetero) is 1. The van der Waals surface area contributed by atoms with Crippen LogP contribution in [0.1, 0.15) is 34.6 Å². The number of aryl methyl sites for hydroxylation is 1. The predicted octanol–water partition coefficient (Wildman–Crippen LogP) is 1.48. The third kappa shape index (κ3) is 2.07. The minimum absolute atomic E-state index is 0.224. The molecule has 0 amide bonds. The Morgan fingerprint density at radius 2 is 2.27 bits per heavy atom. The molecule has 1 aliphatic rings. The second-order valence-corrected chi connectivity index (χ2v) is 4.22. The number of pyridine rings is 1. The Morgan fingerprint density at radius 1 is 1.47 bits per heavy atom. The van der Waals surface area contributed by atoms with Crippen molar-refractivity contribution < 1.29 is 4.79 Å². The zero-order valence-corrected chi connectivity index (χ0v) is 8.99. The average molecular weight is 204 g/mol. The van der Waals surface area contributed by atoms with Gasteiger partial charge in [0, 0.05) is 17.7 Å². The molecule has 0 aromatic carbocycles. The fourth-order valence-electron chi connectivity index (χ4n) is 2.18. The van der Waals surface area contributed by atoms with E-state index in [0.29, 0.717) is 18.9 Å². The lowest BCUT2D eigenvalue weighted by atomic mass is 9.84. The molecule has 1 unspecified atom stereocenters. The van der Waals surface area contributed by atoms with E-state index in [0.717, 1.165) is 29.8 Å². The van der Waals surface area contributed by atoms with Gasteiger partial charge in [0.1, 0.15) is 0 Å². The number of rotatable bonds is 2. The maximum absolute atomic E-state index is 11.8. The van der Waals surface area contributed by atoms with Gasteiger partial charge in [0.15, 0.2) is 5.78 Å². The van der Waals surface area contributed by atoms with E-state index in [1.54, 1.807) is 0 Å². The number of fused-ring (bicyclic) bond motifs is 1. The number of nitrogens with two attached hydrogens (primary N) is 1. The molecule has 0 saturated carbocycles. The first-order chi connectivity index (χ1) is 7.20. The highest BCUT2D eigenvalue weighted by Gasteiger charge is 2.25. The van der Waals surface area contributed by atoms with Crippen molar-refractivity contribution in [1.29, 1.82) is 0 Å². The molecule has 0 spiro atoms. The quantitative estimate of drug-likeness (QED) is 0.794. The summed E-state index contributed by atoms with van der Waals surface area (Å²) < 4.78 is 0. The van der Waals surface area contributed by atoms with Crippen LogP contribution in [-0.4, -0.2) is 17.3 Å². The Kier molecular flexibility index (Phi) is 2.82.